The zero-order valence-corrected chi connectivity index (χ0v) is 11.2. The first-order chi connectivity index (χ1) is 8.66. The Balaban J connectivity index is 1.95. The molecule has 2 rings (SSSR count). The average Bonchev–Trinajstić information content (AvgIpc) is 2.82. The fourth-order valence-electron chi connectivity index (χ4n) is 1.97. The van der Waals surface area contributed by atoms with Gasteiger partial charge in [-0.15, -0.1) is 0 Å². The second-order valence-corrected chi connectivity index (χ2v) is 5.25. The van der Waals surface area contributed by atoms with Gasteiger partial charge in [0.05, 0.1) is 6.10 Å². The summed E-state index contributed by atoms with van der Waals surface area (Å²) in [5.41, 5.74) is 8.58. The van der Waals surface area contributed by atoms with Crippen LogP contribution in [0, 0.1) is 0 Å². The Morgan fingerprint density at radius 3 is 2.78 bits per heavy atom. The maximum absolute atomic E-state index is 10.2. The molecule has 0 fully saturated rings. The number of nitrogens with zero attached hydrogens (tertiary/aromatic N) is 1. The molecule has 0 radical (unpaired) electrons. The van der Waals surface area contributed by atoms with Crippen LogP contribution in [0.15, 0.2) is 41.1 Å². The number of nitrogen functional groups attached to an aromatic ring is 1. The van der Waals surface area contributed by atoms with Gasteiger partial charge in [0.2, 0.25) is 0 Å². The van der Waals surface area contributed by atoms with Crippen molar-refractivity contribution in [1.29, 1.82) is 0 Å². The fourth-order valence-corrected chi connectivity index (χ4v) is 2.63. The Morgan fingerprint density at radius 2 is 2.11 bits per heavy atom. The number of aliphatic hydroxyl groups is 1. The molecule has 0 saturated carbocycles. The van der Waals surface area contributed by atoms with Crippen LogP contribution < -0.4 is 5.73 Å². The van der Waals surface area contributed by atoms with Crippen molar-refractivity contribution in [3.63, 3.8) is 0 Å². The molecule has 4 heteroatoms. The number of likely N-dealkylation sites (N-methyl/N-ethyl adjacent to an activating group) is 1. The number of thiophene rings is 1. The number of benzene rings is 1. The Labute approximate surface area is 111 Å². The van der Waals surface area contributed by atoms with Crippen molar-refractivity contribution in [2.45, 2.75) is 12.6 Å². The summed E-state index contributed by atoms with van der Waals surface area (Å²) >= 11 is 1.69. The van der Waals surface area contributed by atoms with E-state index in [1.165, 1.54) is 5.56 Å². The quantitative estimate of drug-likeness (QED) is 0.814. The number of para-hydroxylation sites is 1. The minimum atomic E-state index is -0.546. The molecule has 0 aliphatic carbocycles. The van der Waals surface area contributed by atoms with Gasteiger partial charge < -0.3 is 10.8 Å². The smallest absolute Gasteiger partial charge is 0.0936 e. The third-order valence-electron chi connectivity index (χ3n) is 2.87. The molecule has 0 bridgehead atoms. The second kappa shape index (κ2) is 6.00. The van der Waals surface area contributed by atoms with Gasteiger partial charge in [-0.3, -0.25) is 4.90 Å². The van der Waals surface area contributed by atoms with E-state index in [9.17, 15) is 5.11 Å². The molecule has 0 saturated heterocycles. The third kappa shape index (κ3) is 3.32. The largest absolute Gasteiger partial charge is 0.398 e. The van der Waals surface area contributed by atoms with Crippen LogP contribution in [0.1, 0.15) is 17.2 Å². The zero-order valence-electron chi connectivity index (χ0n) is 10.4. The van der Waals surface area contributed by atoms with Crippen LogP contribution in [0.2, 0.25) is 0 Å². The summed E-state index contributed by atoms with van der Waals surface area (Å²) in [4.78, 5) is 2.10. The van der Waals surface area contributed by atoms with Crippen molar-refractivity contribution in [2.24, 2.45) is 0 Å². The van der Waals surface area contributed by atoms with Gasteiger partial charge in [0.25, 0.3) is 0 Å². The Hall–Kier alpha value is -1.36. The molecule has 2 aromatic rings. The first-order valence-electron chi connectivity index (χ1n) is 5.89. The van der Waals surface area contributed by atoms with E-state index >= 15 is 0 Å². The molecule has 1 aromatic carbocycles. The lowest BCUT2D eigenvalue weighted by molar-refractivity contribution is 0.124. The number of rotatable bonds is 5. The van der Waals surface area contributed by atoms with Crippen LogP contribution in [0.5, 0.6) is 0 Å². The molecule has 0 amide bonds. The van der Waals surface area contributed by atoms with Gasteiger partial charge in [-0.1, -0.05) is 18.2 Å². The van der Waals surface area contributed by atoms with Crippen molar-refractivity contribution in [3.05, 3.63) is 52.2 Å². The van der Waals surface area contributed by atoms with E-state index in [1.807, 2.05) is 31.3 Å². The first-order valence-corrected chi connectivity index (χ1v) is 6.83. The maximum atomic E-state index is 10.2. The average molecular weight is 262 g/mol. The SMILES string of the molecule is CN(Cc1ccsc1)CC(O)c1ccccc1N. The van der Waals surface area contributed by atoms with E-state index < -0.39 is 6.10 Å². The van der Waals surface area contributed by atoms with Crippen molar-refractivity contribution in [2.75, 3.05) is 19.3 Å². The Bertz CT molecular complexity index is 484. The van der Waals surface area contributed by atoms with Gasteiger partial charge in [-0.05, 0) is 35.5 Å². The highest BCUT2D eigenvalue weighted by atomic mass is 32.1. The van der Waals surface area contributed by atoms with Crippen LogP contribution in [-0.2, 0) is 6.54 Å². The van der Waals surface area contributed by atoms with E-state index in [4.69, 9.17) is 5.73 Å². The van der Waals surface area contributed by atoms with Crippen molar-refractivity contribution < 1.29 is 5.11 Å². The molecule has 0 spiro atoms. The number of anilines is 1. The predicted octanol–water partition coefficient (Wildman–Crippen LogP) is 2.50. The molecule has 0 aliphatic rings. The summed E-state index contributed by atoms with van der Waals surface area (Å²) < 4.78 is 0. The van der Waals surface area contributed by atoms with Gasteiger partial charge in [-0.2, -0.15) is 11.3 Å². The number of hydrogen-bond donors (Lipinski definition) is 2. The van der Waals surface area contributed by atoms with Crippen molar-refractivity contribution in [3.8, 4) is 0 Å². The van der Waals surface area contributed by atoms with Gasteiger partial charge in [0.15, 0.2) is 0 Å². The van der Waals surface area contributed by atoms with Crippen LogP contribution in [-0.4, -0.2) is 23.6 Å². The number of hydrogen-bond acceptors (Lipinski definition) is 4. The molecule has 3 nitrogen and oxygen atoms in total. The van der Waals surface area contributed by atoms with Crippen LogP contribution in [0.25, 0.3) is 0 Å². The van der Waals surface area contributed by atoms with Gasteiger partial charge in [0, 0.05) is 24.3 Å². The Morgan fingerprint density at radius 1 is 1.33 bits per heavy atom. The second-order valence-electron chi connectivity index (χ2n) is 4.47. The standard InChI is InChI=1S/C14H18N2OS/c1-16(8-11-6-7-18-10-11)9-14(17)12-4-2-3-5-13(12)15/h2-7,10,14,17H,8-9,15H2,1H3. The normalized spacial score (nSPS) is 12.8. The van der Waals surface area contributed by atoms with E-state index in [1.54, 1.807) is 11.3 Å². The minimum Gasteiger partial charge on any atom is -0.398 e. The molecule has 96 valence electrons. The number of aliphatic hydroxyl groups excluding tert-OH is 1. The number of nitrogens with two attached hydrogens (primary N) is 1. The lowest BCUT2D eigenvalue weighted by Gasteiger charge is -2.21. The molecule has 1 unspecified atom stereocenters. The molecule has 1 heterocycles. The third-order valence-corrected chi connectivity index (χ3v) is 3.60. The zero-order chi connectivity index (χ0) is 13.0. The fraction of sp³-hybridized carbons (Fsp3) is 0.286. The maximum Gasteiger partial charge on any atom is 0.0936 e. The molecular weight excluding hydrogens is 244 g/mol. The van der Waals surface area contributed by atoms with E-state index in [-0.39, 0.29) is 0 Å². The van der Waals surface area contributed by atoms with Crippen LogP contribution in [0.3, 0.4) is 0 Å². The summed E-state index contributed by atoms with van der Waals surface area (Å²) in [7, 11) is 2.00. The molecule has 1 aromatic heterocycles. The summed E-state index contributed by atoms with van der Waals surface area (Å²) in [6.07, 6.45) is -0.546. The minimum absolute atomic E-state index is 0.546. The van der Waals surface area contributed by atoms with E-state index in [0.29, 0.717) is 12.2 Å². The van der Waals surface area contributed by atoms with Crippen LogP contribution >= 0.6 is 11.3 Å². The Kier molecular flexibility index (Phi) is 4.36. The summed E-state index contributed by atoms with van der Waals surface area (Å²) in [6.45, 7) is 1.41. The highest BCUT2D eigenvalue weighted by Gasteiger charge is 2.13. The van der Waals surface area contributed by atoms with Gasteiger partial charge in [0.1, 0.15) is 0 Å². The summed E-state index contributed by atoms with van der Waals surface area (Å²) in [5.74, 6) is 0. The highest BCUT2D eigenvalue weighted by molar-refractivity contribution is 7.07. The lowest BCUT2D eigenvalue weighted by Crippen LogP contribution is -2.24. The lowest BCUT2D eigenvalue weighted by atomic mass is 10.1. The molecule has 18 heavy (non-hydrogen) atoms. The molecule has 3 N–H and O–H groups in total. The van der Waals surface area contributed by atoms with Crippen LogP contribution in [0.4, 0.5) is 5.69 Å². The first kappa shape index (κ1) is 13.1. The topological polar surface area (TPSA) is 49.5 Å². The molecular formula is C14H18N2OS. The van der Waals surface area contributed by atoms with E-state index in [2.05, 4.69) is 21.7 Å². The monoisotopic (exact) mass is 262 g/mol. The van der Waals surface area contributed by atoms with Crippen molar-refractivity contribution in [1.82, 2.24) is 4.90 Å². The van der Waals surface area contributed by atoms with Gasteiger partial charge >= 0.3 is 0 Å². The van der Waals surface area contributed by atoms with Gasteiger partial charge in [-0.25, -0.2) is 0 Å². The van der Waals surface area contributed by atoms with E-state index in [0.717, 1.165) is 12.1 Å². The molecule has 0 aliphatic heterocycles. The summed E-state index contributed by atoms with van der Waals surface area (Å²) in [5, 5.41) is 14.4. The highest BCUT2D eigenvalue weighted by Crippen LogP contribution is 2.21. The van der Waals surface area contributed by atoms with Crippen molar-refractivity contribution >= 4 is 17.0 Å². The summed E-state index contributed by atoms with van der Waals surface area (Å²) in [6, 6.07) is 9.56. The molecule has 1 atom stereocenters. The predicted molar refractivity (Wildman–Crippen MR) is 76.5 cm³/mol.